The first-order chi connectivity index (χ1) is 11.6. The van der Waals surface area contributed by atoms with E-state index in [-0.39, 0.29) is 12.7 Å². The quantitative estimate of drug-likeness (QED) is 0.820. The third kappa shape index (κ3) is 4.20. The van der Waals surface area contributed by atoms with Crippen molar-refractivity contribution in [3.8, 4) is 17.2 Å². The van der Waals surface area contributed by atoms with Crippen molar-refractivity contribution in [1.29, 1.82) is 0 Å². The van der Waals surface area contributed by atoms with E-state index in [0.29, 0.717) is 18.7 Å². The molecule has 0 aliphatic carbocycles. The molecule has 1 unspecified atom stereocenters. The maximum atomic E-state index is 12.1. The highest BCUT2D eigenvalue weighted by Gasteiger charge is 2.15. The molecule has 1 aliphatic heterocycles. The fourth-order valence-corrected chi connectivity index (χ4v) is 2.61. The van der Waals surface area contributed by atoms with Crippen LogP contribution in [0.5, 0.6) is 17.2 Å². The van der Waals surface area contributed by atoms with E-state index in [4.69, 9.17) is 14.2 Å². The van der Waals surface area contributed by atoms with E-state index < -0.39 is 6.10 Å². The average molecular weight is 392 g/mol. The van der Waals surface area contributed by atoms with Crippen molar-refractivity contribution in [2.45, 2.75) is 19.4 Å². The van der Waals surface area contributed by atoms with Crippen LogP contribution in [0, 0.1) is 0 Å². The normalized spacial score (nSPS) is 13.4. The van der Waals surface area contributed by atoms with Crippen molar-refractivity contribution in [1.82, 2.24) is 5.32 Å². The molecule has 1 amide bonds. The second-order valence-corrected chi connectivity index (χ2v) is 6.36. The van der Waals surface area contributed by atoms with Crippen LogP contribution in [0.2, 0.25) is 0 Å². The predicted molar refractivity (Wildman–Crippen MR) is 93.5 cm³/mol. The molecule has 0 saturated carbocycles. The van der Waals surface area contributed by atoms with Crippen molar-refractivity contribution < 1.29 is 19.0 Å². The fourth-order valence-electron chi connectivity index (χ4n) is 2.34. The average Bonchev–Trinajstić information content (AvgIpc) is 3.04. The molecule has 0 bridgehead atoms. The van der Waals surface area contributed by atoms with Gasteiger partial charge < -0.3 is 19.5 Å². The number of benzene rings is 2. The van der Waals surface area contributed by atoms with Gasteiger partial charge in [-0.1, -0.05) is 22.0 Å². The van der Waals surface area contributed by atoms with Crippen LogP contribution >= 0.6 is 15.9 Å². The summed E-state index contributed by atoms with van der Waals surface area (Å²) < 4.78 is 17.2. The number of carbonyl (C=O) groups is 1. The zero-order valence-corrected chi connectivity index (χ0v) is 14.8. The van der Waals surface area contributed by atoms with Gasteiger partial charge in [0.1, 0.15) is 5.75 Å². The zero-order valence-electron chi connectivity index (χ0n) is 13.3. The highest BCUT2D eigenvalue weighted by Crippen LogP contribution is 2.32. The van der Waals surface area contributed by atoms with Crippen LogP contribution in [0.1, 0.15) is 12.5 Å². The van der Waals surface area contributed by atoms with E-state index in [0.717, 1.165) is 21.5 Å². The lowest BCUT2D eigenvalue weighted by molar-refractivity contribution is -0.127. The molecule has 24 heavy (non-hydrogen) atoms. The van der Waals surface area contributed by atoms with Gasteiger partial charge in [0, 0.05) is 11.0 Å². The van der Waals surface area contributed by atoms with E-state index in [1.807, 2.05) is 42.5 Å². The molecule has 1 aliphatic rings. The van der Waals surface area contributed by atoms with E-state index in [9.17, 15) is 4.79 Å². The van der Waals surface area contributed by atoms with Crippen LogP contribution < -0.4 is 19.5 Å². The molecule has 3 rings (SSSR count). The lowest BCUT2D eigenvalue weighted by atomic mass is 10.1. The summed E-state index contributed by atoms with van der Waals surface area (Å²) in [5, 5.41) is 2.88. The number of hydrogen-bond acceptors (Lipinski definition) is 4. The Kier molecular flexibility index (Phi) is 5.25. The van der Waals surface area contributed by atoms with Gasteiger partial charge in [-0.25, -0.2) is 0 Å². The molecule has 6 heteroatoms. The number of halogens is 1. The van der Waals surface area contributed by atoms with Crippen LogP contribution in [0.3, 0.4) is 0 Å². The Bertz CT molecular complexity index is 717. The number of nitrogens with one attached hydrogen (secondary N) is 1. The first-order valence-electron chi connectivity index (χ1n) is 7.70. The molecule has 1 heterocycles. The molecule has 1 N–H and O–H groups in total. The Labute approximate surface area is 149 Å². The molecule has 2 aromatic carbocycles. The van der Waals surface area contributed by atoms with Crippen molar-refractivity contribution in [2.24, 2.45) is 0 Å². The van der Waals surface area contributed by atoms with Gasteiger partial charge in [-0.2, -0.15) is 0 Å². The Balaban J connectivity index is 1.45. The van der Waals surface area contributed by atoms with E-state index in [1.165, 1.54) is 0 Å². The van der Waals surface area contributed by atoms with Crippen LogP contribution in [0.15, 0.2) is 46.9 Å². The van der Waals surface area contributed by atoms with Crippen LogP contribution in [0.4, 0.5) is 0 Å². The van der Waals surface area contributed by atoms with Crippen molar-refractivity contribution in [2.75, 3.05) is 13.3 Å². The second kappa shape index (κ2) is 7.57. The largest absolute Gasteiger partial charge is 0.481 e. The molecule has 0 fully saturated rings. The van der Waals surface area contributed by atoms with Crippen molar-refractivity contribution in [3.63, 3.8) is 0 Å². The van der Waals surface area contributed by atoms with Gasteiger partial charge in [0.25, 0.3) is 5.91 Å². The van der Waals surface area contributed by atoms with E-state index in [2.05, 4.69) is 21.2 Å². The molecule has 0 spiro atoms. The standard InChI is InChI=1S/C18H18BrNO4/c1-12(24-15-5-3-14(19)4-6-15)18(21)20-9-8-13-2-7-16-17(10-13)23-11-22-16/h2-7,10,12H,8-9,11H2,1H3,(H,20,21). The Morgan fingerprint density at radius 3 is 2.75 bits per heavy atom. The molecule has 0 aromatic heterocycles. The molecule has 126 valence electrons. The van der Waals surface area contributed by atoms with Crippen molar-refractivity contribution >= 4 is 21.8 Å². The number of hydrogen-bond donors (Lipinski definition) is 1. The van der Waals surface area contributed by atoms with E-state index >= 15 is 0 Å². The smallest absolute Gasteiger partial charge is 0.260 e. The van der Waals surface area contributed by atoms with Gasteiger partial charge >= 0.3 is 0 Å². The maximum absolute atomic E-state index is 12.1. The summed E-state index contributed by atoms with van der Waals surface area (Å²) in [5.41, 5.74) is 1.08. The third-order valence-electron chi connectivity index (χ3n) is 3.65. The number of ether oxygens (including phenoxy) is 3. The molecule has 0 radical (unpaired) electrons. The zero-order chi connectivity index (χ0) is 16.9. The lowest BCUT2D eigenvalue weighted by Crippen LogP contribution is -2.37. The SMILES string of the molecule is CC(Oc1ccc(Br)cc1)C(=O)NCCc1ccc2c(c1)OCO2. The predicted octanol–water partition coefficient (Wildman–Crippen LogP) is 3.30. The van der Waals surface area contributed by atoms with Crippen LogP contribution in [0.25, 0.3) is 0 Å². The minimum absolute atomic E-state index is 0.140. The Morgan fingerprint density at radius 2 is 1.96 bits per heavy atom. The molecule has 1 atom stereocenters. The van der Waals surface area contributed by atoms with Crippen LogP contribution in [-0.4, -0.2) is 25.3 Å². The summed E-state index contributed by atoms with van der Waals surface area (Å²) in [4.78, 5) is 12.1. The number of rotatable bonds is 6. The Hall–Kier alpha value is -2.21. The third-order valence-corrected chi connectivity index (χ3v) is 4.17. The summed E-state index contributed by atoms with van der Waals surface area (Å²) in [5.74, 6) is 2.04. The lowest BCUT2D eigenvalue weighted by Gasteiger charge is -2.14. The first kappa shape index (κ1) is 16.6. The van der Waals surface area contributed by atoms with Gasteiger partial charge in [-0.15, -0.1) is 0 Å². The molecule has 2 aromatic rings. The highest BCUT2D eigenvalue weighted by molar-refractivity contribution is 9.10. The van der Waals surface area contributed by atoms with Gasteiger partial charge in [-0.3, -0.25) is 4.79 Å². The Morgan fingerprint density at radius 1 is 1.21 bits per heavy atom. The number of amides is 1. The van der Waals surface area contributed by atoms with Gasteiger partial charge in [0.05, 0.1) is 0 Å². The summed E-state index contributed by atoms with van der Waals surface area (Å²) in [6.07, 6.45) is 0.163. The molecular weight excluding hydrogens is 374 g/mol. The number of fused-ring (bicyclic) bond motifs is 1. The molecule has 0 saturated heterocycles. The monoisotopic (exact) mass is 391 g/mol. The summed E-state index contributed by atoms with van der Waals surface area (Å²) in [7, 11) is 0. The maximum Gasteiger partial charge on any atom is 0.260 e. The molecule has 5 nitrogen and oxygen atoms in total. The van der Waals surface area contributed by atoms with E-state index in [1.54, 1.807) is 6.92 Å². The van der Waals surface area contributed by atoms with Gasteiger partial charge in [0.2, 0.25) is 6.79 Å². The first-order valence-corrected chi connectivity index (χ1v) is 8.49. The minimum Gasteiger partial charge on any atom is -0.481 e. The second-order valence-electron chi connectivity index (χ2n) is 5.44. The summed E-state index contributed by atoms with van der Waals surface area (Å²) in [6, 6.07) is 13.2. The summed E-state index contributed by atoms with van der Waals surface area (Å²) in [6.45, 7) is 2.53. The highest BCUT2D eigenvalue weighted by atomic mass is 79.9. The fraction of sp³-hybridized carbons (Fsp3) is 0.278. The topological polar surface area (TPSA) is 56.8 Å². The number of carbonyl (C=O) groups excluding carboxylic acids is 1. The minimum atomic E-state index is -0.553. The van der Waals surface area contributed by atoms with Crippen molar-refractivity contribution in [3.05, 3.63) is 52.5 Å². The van der Waals surface area contributed by atoms with Gasteiger partial charge in [-0.05, 0) is 55.3 Å². The summed E-state index contributed by atoms with van der Waals surface area (Å²) >= 11 is 3.36. The molecular formula is C18H18BrNO4. The van der Waals surface area contributed by atoms with Crippen LogP contribution in [-0.2, 0) is 11.2 Å². The van der Waals surface area contributed by atoms with Gasteiger partial charge in [0.15, 0.2) is 17.6 Å².